The van der Waals surface area contributed by atoms with Crippen LogP contribution in [0.15, 0.2) is 40.2 Å². The number of fused-ring (bicyclic) bond motifs is 1. The van der Waals surface area contributed by atoms with Gasteiger partial charge in [-0.05, 0) is 49.9 Å². The Balaban J connectivity index is 1.42. The van der Waals surface area contributed by atoms with Crippen molar-refractivity contribution in [3.05, 3.63) is 51.9 Å². The number of nitrogens with one attached hydrogen (secondary N) is 4. The molecule has 1 spiro atoms. The molecule has 182 valence electrons. The van der Waals surface area contributed by atoms with E-state index in [1.54, 1.807) is 24.4 Å². The van der Waals surface area contributed by atoms with E-state index < -0.39 is 20.7 Å². The van der Waals surface area contributed by atoms with Crippen molar-refractivity contribution in [3.63, 3.8) is 0 Å². The van der Waals surface area contributed by atoms with Gasteiger partial charge in [-0.2, -0.15) is 0 Å². The first kappa shape index (κ1) is 23.1. The van der Waals surface area contributed by atoms with Crippen molar-refractivity contribution >= 4 is 27.0 Å². The average Bonchev–Trinajstić information content (AvgIpc) is 2.98. The lowest BCUT2D eigenvalue weighted by Gasteiger charge is -2.34. The Morgan fingerprint density at radius 2 is 1.88 bits per heavy atom. The molecular formula is C24H30N4O5S. The zero-order valence-electron chi connectivity index (χ0n) is 18.9. The minimum atomic E-state index is -3.72. The third-order valence-corrected chi connectivity index (χ3v) is 10.1. The first-order valence-electron chi connectivity index (χ1n) is 11.8. The van der Waals surface area contributed by atoms with Gasteiger partial charge in [0.2, 0.25) is 0 Å². The van der Waals surface area contributed by atoms with Crippen LogP contribution in [0.5, 0.6) is 0 Å². The van der Waals surface area contributed by atoms with E-state index in [1.807, 2.05) is 0 Å². The number of hydrogen-bond donors (Lipinski definition) is 5. The summed E-state index contributed by atoms with van der Waals surface area (Å²) in [6, 6.07) is 6.64. The highest BCUT2D eigenvalue weighted by Crippen LogP contribution is 2.52. The van der Waals surface area contributed by atoms with Crippen LogP contribution >= 0.6 is 0 Å². The smallest absolute Gasteiger partial charge is 0.261 e. The van der Waals surface area contributed by atoms with Crippen molar-refractivity contribution in [2.45, 2.75) is 66.7 Å². The molecule has 2 fully saturated rings. The minimum absolute atomic E-state index is 0.101. The lowest BCUT2D eigenvalue weighted by molar-refractivity contribution is 0.0242. The molecule has 1 aromatic heterocycles. The van der Waals surface area contributed by atoms with E-state index in [9.17, 15) is 18.3 Å². The Morgan fingerprint density at radius 1 is 1.15 bits per heavy atom. The number of hydrogen-bond acceptors (Lipinski definition) is 7. The van der Waals surface area contributed by atoms with Crippen molar-refractivity contribution < 1.29 is 18.3 Å². The second-order valence-electron chi connectivity index (χ2n) is 9.41. The molecule has 0 radical (unpaired) electrons. The maximum atomic E-state index is 13.3. The fourth-order valence-electron chi connectivity index (χ4n) is 5.51. The van der Waals surface area contributed by atoms with Crippen LogP contribution in [0.25, 0.3) is 0 Å². The second kappa shape index (κ2) is 8.83. The van der Waals surface area contributed by atoms with E-state index in [2.05, 4.69) is 15.6 Å². The summed E-state index contributed by atoms with van der Waals surface area (Å²) in [4.78, 5) is 15.4. The van der Waals surface area contributed by atoms with Crippen molar-refractivity contribution in [3.8, 4) is 0 Å². The molecule has 9 nitrogen and oxygen atoms in total. The summed E-state index contributed by atoms with van der Waals surface area (Å²) in [6.45, 7) is 0.571. The van der Waals surface area contributed by atoms with Gasteiger partial charge in [-0.15, -0.1) is 0 Å². The summed E-state index contributed by atoms with van der Waals surface area (Å²) in [7, 11) is -3.72. The standard InChI is InChI=1S/C24H30N4O5S/c25-22(20-18(8-11-26-23(20)30)27-15-4-2-1-3-5-15)28-16-6-7-19-17(14-16)21(29)24(34(19,31)32)9-12-33-13-10-24/h6-8,11,14-15,21,29H,1-5,9-10,12-13H2,(H2,25,28)(H2,26,27,30). The highest BCUT2D eigenvalue weighted by molar-refractivity contribution is 7.93. The van der Waals surface area contributed by atoms with E-state index in [-0.39, 0.29) is 54.0 Å². The number of aromatic amines is 1. The molecule has 1 atom stereocenters. The minimum Gasteiger partial charge on any atom is -0.387 e. The molecule has 10 heteroatoms. The molecule has 5 N–H and O–H groups in total. The maximum absolute atomic E-state index is 13.3. The van der Waals surface area contributed by atoms with Gasteiger partial charge in [-0.3, -0.25) is 10.2 Å². The van der Waals surface area contributed by atoms with Gasteiger partial charge < -0.3 is 25.5 Å². The number of ether oxygens (including phenoxy) is 1. The number of anilines is 2. The number of aromatic nitrogens is 1. The Hall–Kier alpha value is -2.69. The maximum Gasteiger partial charge on any atom is 0.261 e. The largest absolute Gasteiger partial charge is 0.387 e. The van der Waals surface area contributed by atoms with Gasteiger partial charge in [0, 0.05) is 36.7 Å². The molecule has 1 aliphatic carbocycles. The van der Waals surface area contributed by atoms with Crippen LogP contribution in [0.4, 0.5) is 11.4 Å². The van der Waals surface area contributed by atoms with Crippen LogP contribution in [0.2, 0.25) is 0 Å². The molecule has 2 aliphatic heterocycles. The molecule has 5 rings (SSSR count). The van der Waals surface area contributed by atoms with Crippen molar-refractivity contribution in [2.24, 2.45) is 0 Å². The van der Waals surface area contributed by atoms with Gasteiger partial charge in [0.25, 0.3) is 5.56 Å². The molecule has 1 unspecified atom stereocenters. The second-order valence-corrected chi connectivity index (χ2v) is 11.7. The van der Waals surface area contributed by atoms with E-state index in [4.69, 9.17) is 10.1 Å². The molecule has 0 bridgehead atoms. The van der Waals surface area contributed by atoms with Crippen molar-refractivity contribution in [1.29, 1.82) is 5.41 Å². The molecule has 1 saturated heterocycles. The van der Waals surface area contributed by atoms with Gasteiger partial charge in [-0.1, -0.05) is 19.3 Å². The van der Waals surface area contributed by atoms with Crippen molar-refractivity contribution in [2.75, 3.05) is 23.8 Å². The third-order valence-electron chi connectivity index (χ3n) is 7.41. The number of sulfone groups is 1. The number of rotatable bonds is 4. The number of H-pyrrole nitrogens is 1. The molecule has 3 aliphatic rings. The van der Waals surface area contributed by atoms with Crippen LogP contribution in [0, 0.1) is 5.41 Å². The number of amidine groups is 1. The van der Waals surface area contributed by atoms with E-state index in [0.29, 0.717) is 16.9 Å². The van der Waals surface area contributed by atoms with Gasteiger partial charge in [0.15, 0.2) is 9.84 Å². The zero-order valence-corrected chi connectivity index (χ0v) is 19.7. The lowest BCUT2D eigenvalue weighted by Crippen LogP contribution is -2.44. The molecule has 0 amide bonds. The molecule has 3 heterocycles. The number of pyridine rings is 1. The predicted molar refractivity (Wildman–Crippen MR) is 129 cm³/mol. The summed E-state index contributed by atoms with van der Waals surface area (Å²) in [5.41, 5.74) is 1.17. The Kier molecular flexibility index (Phi) is 5.99. The Bertz CT molecular complexity index is 1260. The van der Waals surface area contributed by atoms with Gasteiger partial charge in [0.1, 0.15) is 22.3 Å². The van der Waals surface area contributed by atoms with Crippen LogP contribution in [-0.2, 0) is 14.6 Å². The number of benzene rings is 1. The SMILES string of the molecule is N=C(Nc1ccc2c(c1)C(O)C1(CCOCC1)S2(=O)=O)c1c(NC2CCCCC2)cc[nH]c1=O. The van der Waals surface area contributed by atoms with Crippen LogP contribution in [0.3, 0.4) is 0 Å². The predicted octanol–water partition coefficient (Wildman–Crippen LogP) is 2.93. The van der Waals surface area contributed by atoms with Gasteiger partial charge >= 0.3 is 0 Å². The molecular weight excluding hydrogens is 456 g/mol. The van der Waals surface area contributed by atoms with E-state index >= 15 is 0 Å². The highest BCUT2D eigenvalue weighted by atomic mass is 32.2. The fraction of sp³-hybridized carbons (Fsp3) is 0.500. The van der Waals surface area contributed by atoms with E-state index in [1.165, 1.54) is 12.5 Å². The molecule has 2 aromatic rings. The van der Waals surface area contributed by atoms with Crippen LogP contribution in [0.1, 0.15) is 62.2 Å². The quantitative estimate of drug-likeness (QED) is 0.330. The van der Waals surface area contributed by atoms with Crippen LogP contribution < -0.4 is 16.2 Å². The first-order chi connectivity index (χ1) is 16.3. The molecule has 34 heavy (non-hydrogen) atoms. The summed E-state index contributed by atoms with van der Waals surface area (Å²) in [5, 5.41) is 26.0. The third kappa shape index (κ3) is 3.73. The van der Waals surface area contributed by atoms with Crippen molar-refractivity contribution in [1.82, 2.24) is 4.98 Å². The van der Waals surface area contributed by atoms with E-state index in [0.717, 1.165) is 25.7 Å². The number of aliphatic hydroxyl groups is 1. The Morgan fingerprint density at radius 3 is 2.62 bits per heavy atom. The Labute approximate surface area is 198 Å². The monoisotopic (exact) mass is 486 g/mol. The van der Waals surface area contributed by atoms with Crippen LogP contribution in [-0.4, -0.2) is 48.3 Å². The average molecular weight is 487 g/mol. The summed E-state index contributed by atoms with van der Waals surface area (Å²) < 4.78 is 30.6. The fourth-order valence-corrected chi connectivity index (χ4v) is 7.80. The highest BCUT2D eigenvalue weighted by Gasteiger charge is 2.58. The normalized spacial score (nSPS) is 23.4. The van der Waals surface area contributed by atoms with Gasteiger partial charge in [-0.25, -0.2) is 8.42 Å². The number of aliphatic hydroxyl groups excluding tert-OH is 1. The zero-order chi connectivity index (χ0) is 23.9. The molecule has 1 aromatic carbocycles. The summed E-state index contributed by atoms with van der Waals surface area (Å²) >= 11 is 0. The summed E-state index contributed by atoms with van der Waals surface area (Å²) in [6.07, 6.45) is 6.41. The lowest BCUT2D eigenvalue weighted by atomic mass is 9.88. The van der Waals surface area contributed by atoms with Gasteiger partial charge in [0.05, 0.1) is 10.6 Å². The molecule has 1 saturated carbocycles. The topological polar surface area (TPSA) is 144 Å². The summed E-state index contributed by atoms with van der Waals surface area (Å²) in [5.74, 6) is -0.101. The first-order valence-corrected chi connectivity index (χ1v) is 13.3.